The number of carbonyl (C=O) groups is 2. The molecule has 2 aromatic carbocycles. The molecule has 0 bridgehead atoms. The van der Waals surface area contributed by atoms with Crippen molar-refractivity contribution in [3.8, 4) is 0 Å². The Balaban J connectivity index is 1.70. The molecule has 0 radical (unpaired) electrons. The summed E-state index contributed by atoms with van der Waals surface area (Å²) >= 11 is 5.11. The van der Waals surface area contributed by atoms with Crippen LogP contribution in [0.25, 0.3) is 0 Å². The van der Waals surface area contributed by atoms with Gasteiger partial charge in [0.2, 0.25) is 5.91 Å². The number of rotatable bonds is 6. The van der Waals surface area contributed by atoms with Gasteiger partial charge in [-0.25, -0.2) is 0 Å². The van der Waals surface area contributed by atoms with Crippen molar-refractivity contribution < 1.29 is 9.59 Å². The number of Topliss-reactive ketones (excluding diaryl/α,β-unsaturated/α-hetero) is 1. The lowest BCUT2D eigenvalue weighted by molar-refractivity contribution is -0.121. The summed E-state index contributed by atoms with van der Waals surface area (Å²) in [7, 11) is 0. The van der Waals surface area contributed by atoms with Gasteiger partial charge in [0.05, 0.1) is 0 Å². The number of aryl methyl sites for hydroxylation is 2. The molecule has 0 atom stereocenters. The second-order valence-corrected chi connectivity index (χ2v) is 6.49. The van der Waals surface area contributed by atoms with Crippen LogP contribution in [0.2, 0.25) is 0 Å². The number of thiocarbonyl (C=S) groups is 1. The van der Waals surface area contributed by atoms with Gasteiger partial charge in [-0.3, -0.25) is 20.4 Å². The van der Waals surface area contributed by atoms with Crippen molar-refractivity contribution in [3.05, 3.63) is 70.8 Å². The van der Waals surface area contributed by atoms with Gasteiger partial charge in [-0.2, -0.15) is 0 Å². The first-order chi connectivity index (χ1) is 12.5. The molecule has 0 fully saturated rings. The summed E-state index contributed by atoms with van der Waals surface area (Å²) in [6.07, 6.45) is 0.253. The number of amides is 1. The zero-order valence-corrected chi connectivity index (χ0v) is 15.8. The van der Waals surface area contributed by atoms with E-state index in [-0.39, 0.29) is 24.5 Å². The molecule has 1 amide bonds. The molecule has 0 saturated carbocycles. The Bertz CT molecular complexity index is 791. The molecule has 26 heavy (non-hydrogen) atoms. The summed E-state index contributed by atoms with van der Waals surface area (Å²) < 4.78 is 0. The van der Waals surface area contributed by atoms with E-state index in [0.717, 1.165) is 16.7 Å². The third kappa shape index (κ3) is 6.29. The van der Waals surface area contributed by atoms with Crippen LogP contribution in [0.5, 0.6) is 0 Å². The molecule has 0 unspecified atom stereocenters. The Morgan fingerprint density at radius 3 is 2.42 bits per heavy atom. The topological polar surface area (TPSA) is 70.2 Å². The maximum absolute atomic E-state index is 12.3. The van der Waals surface area contributed by atoms with E-state index >= 15 is 0 Å². The van der Waals surface area contributed by atoms with Crippen LogP contribution < -0.4 is 16.2 Å². The van der Waals surface area contributed by atoms with Crippen LogP contribution in [0.1, 0.15) is 39.9 Å². The summed E-state index contributed by atoms with van der Waals surface area (Å²) in [6, 6.07) is 15.5. The summed E-state index contributed by atoms with van der Waals surface area (Å²) in [5.41, 5.74) is 8.86. The van der Waals surface area contributed by atoms with Gasteiger partial charge < -0.3 is 5.32 Å². The fourth-order valence-electron chi connectivity index (χ4n) is 2.41. The van der Waals surface area contributed by atoms with Gasteiger partial charge in [-0.15, -0.1) is 0 Å². The van der Waals surface area contributed by atoms with E-state index in [0.29, 0.717) is 17.2 Å². The largest absolute Gasteiger partial charge is 0.357 e. The zero-order valence-electron chi connectivity index (χ0n) is 15.0. The van der Waals surface area contributed by atoms with Crippen LogP contribution >= 0.6 is 12.2 Å². The molecule has 5 nitrogen and oxygen atoms in total. The summed E-state index contributed by atoms with van der Waals surface area (Å²) in [5.74, 6) is -0.321. The van der Waals surface area contributed by atoms with E-state index in [1.807, 2.05) is 62.4 Å². The molecular weight excluding hydrogens is 346 g/mol. The van der Waals surface area contributed by atoms with Crippen molar-refractivity contribution in [3.63, 3.8) is 0 Å². The van der Waals surface area contributed by atoms with Gasteiger partial charge in [0.15, 0.2) is 10.9 Å². The van der Waals surface area contributed by atoms with Crippen molar-refractivity contribution in [2.24, 2.45) is 0 Å². The minimum Gasteiger partial charge on any atom is -0.357 e. The highest BCUT2D eigenvalue weighted by Gasteiger charge is 2.12. The number of benzene rings is 2. The Labute approximate surface area is 159 Å². The average Bonchev–Trinajstić information content (AvgIpc) is 2.65. The van der Waals surface area contributed by atoms with E-state index in [9.17, 15) is 9.59 Å². The third-order valence-electron chi connectivity index (χ3n) is 3.88. The molecule has 2 rings (SSSR count). The van der Waals surface area contributed by atoms with Gasteiger partial charge in [-0.05, 0) is 43.3 Å². The predicted octanol–water partition coefficient (Wildman–Crippen LogP) is 2.96. The second kappa shape index (κ2) is 9.68. The summed E-state index contributed by atoms with van der Waals surface area (Å²) in [5, 5.41) is 3.32. The van der Waals surface area contributed by atoms with Crippen molar-refractivity contribution >= 4 is 29.0 Å². The Morgan fingerprint density at radius 1 is 0.962 bits per heavy atom. The van der Waals surface area contributed by atoms with Crippen LogP contribution in [-0.2, 0) is 11.3 Å². The van der Waals surface area contributed by atoms with E-state index in [4.69, 9.17) is 12.2 Å². The number of hydrogen-bond donors (Lipinski definition) is 3. The number of carbonyl (C=O) groups excluding carboxylic acids is 2. The number of ketones is 1. The van der Waals surface area contributed by atoms with Crippen LogP contribution in [0.4, 0.5) is 0 Å². The maximum atomic E-state index is 12.3. The molecule has 0 heterocycles. The SMILES string of the molecule is Cc1ccc(C)c(C(=O)CCC(=O)NNC(=S)NCc2ccccc2)c1. The minimum atomic E-state index is -0.285. The molecule has 0 aromatic heterocycles. The molecule has 0 spiro atoms. The lowest BCUT2D eigenvalue weighted by Crippen LogP contribution is -2.46. The molecule has 0 aliphatic carbocycles. The van der Waals surface area contributed by atoms with E-state index < -0.39 is 0 Å². The van der Waals surface area contributed by atoms with E-state index in [1.165, 1.54) is 0 Å². The van der Waals surface area contributed by atoms with Gasteiger partial charge in [0, 0.05) is 24.9 Å². The van der Waals surface area contributed by atoms with Gasteiger partial charge in [-0.1, -0.05) is 48.0 Å². The summed E-state index contributed by atoms with van der Waals surface area (Å²) in [6.45, 7) is 4.40. The second-order valence-electron chi connectivity index (χ2n) is 6.08. The molecular formula is C20H23N3O2S. The highest BCUT2D eigenvalue weighted by Crippen LogP contribution is 2.13. The predicted molar refractivity (Wildman–Crippen MR) is 107 cm³/mol. The molecule has 0 saturated heterocycles. The Morgan fingerprint density at radius 2 is 1.69 bits per heavy atom. The maximum Gasteiger partial charge on any atom is 0.238 e. The highest BCUT2D eigenvalue weighted by atomic mass is 32.1. The quantitative estimate of drug-likeness (QED) is 0.415. The molecule has 2 aromatic rings. The lowest BCUT2D eigenvalue weighted by Gasteiger charge is -2.12. The number of nitrogens with one attached hydrogen (secondary N) is 3. The number of hydrazine groups is 1. The molecule has 136 valence electrons. The lowest BCUT2D eigenvalue weighted by atomic mass is 9.99. The van der Waals surface area contributed by atoms with E-state index in [1.54, 1.807) is 0 Å². The van der Waals surface area contributed by atoms with Gasteiger partial charge in [0.25, 0.3) is 0 Å². The first-order valence-corrected chi connectivity index (χ1v) is 8.83. The first kappa shape index (κ1) is 19.6. The van der Waals surface area contributed by atoms with Crippen molar-refractivity contribution in [2.45, 2.75) is 33.2 Å². The highest BCUT2D eigenvalue weighted by molar-refractivity contribution is 7.80. The Hall–Kier alpha value is -2.73. The summed E-state index contributed by atoms with van der Waals surface area (Å²) in [4.78, 5) is 24.2. The molecule has 6 heteroatoms. The smallest absolute Gasteiger partial charge is 0.238 e. The fraction of sp³-hybridized carbons (Fsp3) is 0.250. The van der Waals surface area contributed by atoms with Crippen LogP contribution in [-0.4, -0.2) is 16.8 Å². The van der Waals surface area contributed by atoms with Crippen LogP contribution in [0, 0.1) is 13.8 Å². The van der Waals surface area contributed by atoms with Gasteiger partial charge >= 0.3 is 0 Å². The monoisotopic (exact) mass is 369 g/mol. The molecule has 0 aliphatic rings. The minimum absolute atomic E-state index is 0.0360. The van der Waals surface area contributed by atoms with Gasteiger partial charge in [0.1, 0.15) is 0 Å². The normalized spacial score (nSPS) is 10.1. The van der Waals surface area contributed by atoms with Crippen LogP contribution in [0.15, 0.2) is 48.5 Å². The molecule has 3 N–H and O–H groups in total. The molecule has 0 aliphatic heterocycles. The fourth-order valence-corrected chi connectivity index (χ4v) is 2.53. The standard InChI is InChI=1S/C20H23N3O2S/c1-14-8-9-15(2)17(12-14)18(24)10-11-19(25)22-23-20(26)21-13-16-6-4-3-5-7-16/h3-9,12H,10-11,13H2,1-2H3,(H,22,25)(H2,21,23,26). The average molecular weight is 369 g/mol. The van der Waals surface area contributed by atoms with Crippen LogP contribution in [0.3, 0.4) is 0 Å². The van der Waals surface area contributed by atoms with Crippen molar-refractivity contribution in [1.82, 2.24) is 16.2 Å². The zero-order chi connectivity index (χ0) is 18.9. The van der Waals surface area contributed by atoms with Crippen molar-refractivity contribution in [1.29, 1.82) is 0 Å². The van der Waals surface area contributed by atoms with Crippen molar-refractivity contribution in [2.75, 3.05) is 0 Å². The third-order valence-corrected chi connectivity index (χ3v) is 4.13. The number of hydrogen-bond acceptors (Lipinski definition) is 3. The first-order valence-electron chi connectivity index (χ1n) is 8.43. The Kier molecular flexibility index (Phi) is 7.29. The van der Waals surface area contributed by atoms with E-state index in [2.05, 4.69) is 16.2 Å².